The normalized spacial score (nSPS) is 16.3. The first-order valence-electron chi connectivity index (χ1n) is 7.74. The summed E-state index contributed by atoms with van der Waals surface area (Å²) in [6, 6.07) is 6.80. The van der Waals surface area contributed by atoms with E-state index < -0.39 is 0 Å². The highest BCUT2D eigenvalue weighted by molar-refractivity contribution is 5.87. The van der Waals surface area contributed by atoms with Gasteiger partial charge in [-0.1, -0.05) is 38.6 Å². The van der Waals surface area contributed by atoms with Crippen LogP contribution in [0.2, 0.25) is 0 Å². The molecule has 21 heavy (non-hydrogen) atoms. The summed E-state index contributed by atoms with van der Waals surface area (Å²) in [5, 5.41) is 0. The van der Waals surface area contributed by atoms with E-state index in [0.717, 1.165) is 32.7 Å². The number of piperazine rings is 1. The molecule has 0 N–H and O–H groups in total. The molecule has 3 heteroatoms. The van der Waals surface area contributed by atoms with E-state index in [1.165, 1.54) is 22.8 Å². The maximum Gasteiger partial charge on any atom is 0.246 e. The van der Waals surface area contributed by atoms with Crippen LogP contribution < -0.4 is 0 Å². The lowest BCUT2D eigenvalue weighted by atomic mass is 9.97. The molecule has 114 valence electrons. The summed E-state index contributed by atoms with van der Waals surface area (Å²) in [5.41, 5.74) is 4.16. The predicted molar refractivity (Wildman–Crippen MR) is 87.3 cm³/mol. The van der Waals surface area contributed by atoms with Gasteiger partial charge in [-0.25, -0.2) is 0 Å². The maximum absolute atomic E-state index is 11.6. The van der Waals surface area contributed by atoms with Crippen LogP contribution in [0.25, 0.3) is 0 Å². The molecule has 0 unspecified atom stereocenters. The Morgan fingerprint density at radius 2 is 1.95 bits per heavy atom. The molecule has 1 amide bonds. The Morgan fingerprint density at radius 3 is 2.48 bits per heavy atom. The zero-order valence-electron chi connectivity index (χ0n) is 13.4. The fraction of sp³-hybridized carbons (Fsp3) is 0.500. The molecule has 1 fully saturated rings. The van der Waals surface area contributed by atoms with E-state index in [1.807, 2.05) is 4.90 Å². The lowest BCUT2D eigenvalue weighted by molar-refractivity contribution is -0.127. The summed E-state index contributed by atoms with van der Waals surface area (Å²) in [6.07, 6.45) is 1.41. The lowest BCUT2D eigenvalue weighted by Gasteiger charge is -2.34. The van der Waals surface area contributed by atoms with Gasteiger partial charge >= 0.3 is 0 Å². The van der Waals surface area contributed by atoms with Gasteiger partial charge in [0.1, 0.15) is 0 Å². The average Bonchev–Trinajstić information content (AvgIpc) is 2.49. The summed E-state index contributed by atoms with van der Waals surface area (Å²) in [4.78, 5) is 15.9. The summed E-state index contributed by atoms with van der Waals surface area (Å²) >= 11 is 0. The van der Waals surface area contributed by atoms with Crippen LogP contribution in [0.15, 0.2) is 30.9 Å². The van der Waals surface area contributed by atoms with Gasteiger partial charge in [0.25, 0.3) is 0 Å². The molecule has 0 bridgehead atoms. The van der Waals surface area contributed by atoms with Gasteiger partial charge in [-0.3, -0.25) is 9.69 Å². The van der Waals surface area contributed by atoms with Crippen LogP contribution in [-0.2, 0) is 11.3 Å². The number of rotatable bonds is 4. The van der Waals surface area contributed by atoms with Crippen molar-refractivity contribution in [2.75, 3.05) is 26.2 Å². The fourth-order valence-corrected chi connectivity index (χ4v) is 2.75. The van der Waals surface area contributed by atoms with Crippen LogP contribution in [-0.4, -0.2) is 41.9 Å². The van der Waals surface area contributed by atoms with E-state index in [2.05, 4.69) is 50.4 Å². The smallest absolute Gasteiger partial charge is 0.246 e. The quantitative estimate of drug-likeness (QED) is 0.795. The van der Waals surface area contributed by atoms with Crippen LogP contribution >= 0.6 is 0 Å². The van der Waals surface area contributed by atoms with Gasteiger partial charge in [0.05, 0.1) is 0 Å². The number of benzene rings is 1. The number of carbonyl (C=O) groups excluding carboxylic acids is 1. The highest BCUT2D eigenvalue weighted by Crippen LogP contribution is 2.20. The predicted octanol–water partition coefficient (Wildman–Crippen LogP) is 2.95. The van der Waals surface area contributed by atoms with Crippen LogP contribution in [0.1, 0.15) is 36.5 Å². The number of aryl methyl sites for hydroxylation is 1. The summed E-state index contributed by atoms with van der Waals surface area (Å²) in [5.74, 6) is 0.623. The molecular weight excluding hydrogens is 260 g/mol. The van der Waals surface area contributed by atoms with Crippen molar-refractivity contribution in [3.05, 3.63) is 47.5 Å². The third kappa shape index (κ3) is 3.94. The Hall–Kier alpha value is -1.61. The summed E-state index contributed by atoms with van der Waals surface area (Å²) in [6.45, 7) is 14.6. The SMILES string of the molecule is C=CC(=O)N1CCN(Cc2ccc(C(C)C)cc2C)CC1. The Balaban J connectivity index is 1.94. The van der Waals surface area contributed by atoms with Crippen molar-refractivity contribution < 1.29 is 4.79 Å². The van der Waals surface area contributed by atoms with Crippen molar-refractivity contribution in [3.63, 3.8) is 0 Å². The largest absolute Gasteiger partial charge is 0.337 e. The van der Waals surface area contributed by atoms with Crippen molar-refractivity contribution >= 4 is 5.91 Å². The van der Waals surface area contributed by atoms with E-state index in [9.17, 15) is 4.79 Å². The van der Waals surface area contributed by atoms with E-state index in [4.69, 9.17) is 0 Å². The Bertz CT molecular complexity index is 514. The molecule has 0 spiro atoms. The Kier molecular flexibility index (Phi) is 5.18. The van der Waals surface area contributed by atoms with Crippen molar-refractivity contribution in [1.82, 2.24) is 9.80 Å². The van der Waals surface area contributed by atoms with E-state index >= 15 is 0 Å². The topological polar surface area (TPSA) is 23.6 Å². The minimum Gasteiger partial charge on any atom is -0.337 e. The van der Waals surface area contributed by atoms with Crippen molar-refractivity contribution in [2.45, 2.75) is 33.2 Å². The maximum atomic E-state index is 11.6. The third-order valence-electron chi connectivity index (χ3n) is 4.29. The first-order valence-corrected chi connectivity index (χ1v) is 7.74. The zero-order valence-corrected chi connectivity index (χ0v) is 13.4. The molecule has 0 aliphatic carbocycles. The van der Waals surface area contributed by atoms with Gasteiger partial charge in [0, 0.05) is 32.7 Å². The second-order valence-corrected chi connectivity index (χ2v) is 6.15. The van der Waals surface area contributed by atoms with Crippen molar-refractivity contribution in [1.29, 1.82) is 0 Å². The Morgan fingerprint density at radius 1 is 1.29 bits per heavy atom. The average molecular weight is 286 g/mol. The molecule has 1 saturated heterocycles. The van der Waals surface area contributed by atoms with Crippen molar-refractivity contribution in [2.24, 2.45) is 0 Å². The first kappa shape index (κ1) is 15.8. The van der Waals surface area contributed by atoms with Gasteiger partial charge in [0.15, 0.2) is 0 Å². The van der Waals surface area contributed by atoms with Gasteiger partial charge in [-0.15, -0.1) is 0 Å². The number of hydrogen-bond acceptors (Lipinski definition) is 2. The third-order valence-corrected chi connectivity index (χ3v) is 4.29. The molecule has 2 rings (SSSR count). The minimum absolute atomic E-state index is 0.0483. The van der Waals surface area contributed by atoms with Gasteiger partial charge in [-0.2, -0.15) is 0 Å². The molecule has 1 heterocycles. The Labute approximate surface area is 128 Å². The molecule has 1 aliphatic heterocycles. The van der Waals surface area contributed by atoms with E-state index in [0.29, 0.717) is 5.92 Å². The molecule has 0 atom stereocenters. The standard InChI is InChI=1S/C18H26N2O/c1-5-18(21)20-10-8-19(9-11-20)13-17-7-6-16(14(2)3)12-15(17)4/h5-7,12,14H,1,8-11,13H2,2-4H3. The second kappa shape index (κ2) is 6.90. The first-order chi connectivity index (χ1) is 10.0. The zero-order chi connectivity index (χ0) is 15.4. The second-order valence-electron chi connectivity index (χ2n) is 6.15. The number of hydrogen-bond donors (Lipinski definition) is 0. The van der Waals surface area contributed by atoms with E-state index in [-0.39, 0.29) is 5.91 Å². The van der Waals surface area contributed by atoms with Crippen LogP contribution in [0.4, 0.5) is 0 Å². The van der Waals surface area contributed by atoms with Gasteiger partial charge < -0.3 is 4.90 Å². The number of nitrogens with zero attached hydrogens (tertiary/aromatic N) is 2. The molecule has 0 saturated carbocycles. The highest BCUT2D eigenvalue weighted by Gasteiger charge is 2.19. The molecule has 1 aromatic rings. The molecule has 3 nitrogen and oxygen atoms in total. The molecular formula is C18H26N2O. The minimum atomic E-state index is 0.0483. The monoisotopic (exact) mass is 286 g/mol. The van der Waals surface area contributed by atoms with Gasteiger partial charge in [-0.05, 0) is 35.6 Å². The lowest BCUT2D eigenvalue weighted by Crippen LogP contribution is -2.47. The van der Waals surface area contributed by atoms with E-state index in [1.54, 1.807) is 0 Å². The highest BCUT2D eigenvalue weighted by atomic mass is 16.2. The van der Waals surface area contributed by atoms with Crippen LogP contribution in [0.3, 0.4) is 0 Å². The fourth-order valence-electron chi connectivity index (χ4n) is 2.75. The van der Waals surface area contributed by atoms with Crippen LogP contribution in [0, 0.1) is 6.92 Å². The molecule has 1 aliphatic rings. The number of amides is 1. The van der Waals surface area contributed by atoms with Crippen molar-refractivity contribution in [3.8, 4) is 0 Å². The van der Waals surface area contributed by atoms with Gasteiger partial charge in [0.2, 0.25) is 5.91 Å². The van der Waals surface area contributed by atoms with Crippen LogP contribution in [0.5, 0.6) is 0 Å². The molecule has 0 radical (unpaired) electrons. The number of carbonyl (C=O) groups is 1. The summed E-state index contributed by atoms with van der Waals surface area (Å²) in [7, 11) is 0. The molecule has 1 aromatic carbocycles. The molecule has 0 aromatic heterocycles. The summed E-state index contributed by atoms with van der Waals surface area (Å²) < 4.78 is 0.